The van der Waals surface area contributed by atoms with Gasteiger partial charge in [0, 0.05) is 28.2 Å². The molecule has 0 saturated heterocycles. The lowest BCUT2D eigenvalue weighted by Gasteiger charge is -2.42. The van der Waals surface area contributed by atoms with Gasteiger partial charge >= 0.3 is 0 Å². The van der Waals surface area contributed by atoms with Crippen LogP contribution in [0.15, 0.2) is 77.6 Å². The number of aromatic amines is 1. The largest absolute Gasteiger partial charge is 0.497 e. The Bertz CT molecular complexity index is 1670. The molecule has 0 unspecified atom stereocenters. The number of rotatable bonds is 6. The molecule has 1 N–H and O–H groups in total. The summed E-state index contributed by atoms with van der Waals surface area (Å²) in [5.41, 5.74) is 3.77. The number of ether oxygens (including phenoxy) is 1. The van der Waals surface area contributed by atoms with Crippen LogP contribution in [0.5, 0.6) is 5.75 Å². The van der Waals surface area contributed by atoms with E-state index in [9.17, 15) is 9.18 Å². The fourth-order valence-corrected chi connectivity index (χ4v) is 5.36. The van der Waals surface area contributed by atoms with E-state index in [-0.39, 0.29) is 17.4 Å². The Morgan fingerprint density at radius 1 is 1.11 bits per heavy atom. The Labute approximate surface area is 218 Å². The minimum Gasteiger partial charge on any atom is -0.497 e. The van der Waals surface area contributed by atoms with E-state index >= 15 is 0 Å². The van der Waals surface area contributed by atoms with Crippen molar-refractivity contribution in [3.8, 4) is 5.75 Å². The number of aryl methyl sites for hydroxylation is 1. The van der Waals surface area contributed by atoms with Crippen LogP contribution in [0.25, 0.3) is 10.9 Å². The molecule has 2 aromatic heterocycles. The number of H-pyrrole nitrogens is 1. The standard InChI is InChI=1S/C29H27FN6O2/c1-18-8-9-20-14-22(30)10-13-26(20)36(18)27(28-32-33-34-35(28)17-19-6-4-3-5-7-19)24-16-21-15-23(38-2)11-12-25(21)31-29(24)37/h3-7,10-16,18,27H,8-9,17H2,1-2H3,(H,31,37)/t18-,27-/m0/s1. The third-order valence-corrected chi connectivity index (χ3v) is 7.26. The summed E-state index contributed by atoms with van der Waals surface area (Å²) in [7, 11) is 1.61. The number of hydrogen-bond acceptors (Lipinski definition) is 6. The van der Waals surface area contributed by atoms with Gasteiger partial charge in [0.15, 0.2) is 5.82 Å². The van der Waals surface area contributed by atoms with Crippen molar-refractivity contribution >= 4 is 16.6 Å². The van der Waals surface area contributed by atoms with Crippen LogP contribution in [-0.4, -0.2) is 38.3 Å². The molecule has 0 amide bonds. The minimum absolute atomic E-state index is 0.0419. The van der Waals surface area contributed by atoms with E-state index in [0.29, 0.717) is 29.2 Å². The molecule has 2 atom stereocenters. The van der Waals surface area contributed by atoms with Crippen LogP contribution in [0.2, 0.25) is 0 Å². The van der Waals surface area contributed by atoms with Crippen LogP contribution in [0.1, 0.15) is 41.9 Å². The third-order valence-electron chi connectivity index (χ3n) is 7.26. The first-order valence-corrected chi connectivity index (χ1v) is 12.6. The Kier molecular flexibility index (Phi) is 6.11. The third kappa shape index (κ3) is 4.30. The summed E-state index contributed by atoms with van der Waals surface area (Å²) in [6.45, 7) is 2.56. The lowest BCUT2D eigenvalue weighted by Crippen LogP contribution is -2.43. The van der Waals surface area contributed by atoms with Gasteiger partial charge in [0.05, 0.1) is 13.7 Å². The Balaban J connectivity index is 1.57. The molecule has 192 valence electrons. The second kappa shape index (κ2) is 9.74. The molecule has 3 aromatic carbocycles. The van der Waals surface area contributed by atoms with E-state index in [1.807, 2.05) is 54.6 Å². The average molecular weight is 511 g/mol. The monoisotopic (exact) mass is 510 g/mol. The molecule has 0 radical (unpaired) electrons. The molecule has 0 bridgehead atoms. The maximum Gasteiger partial charge on any atom is 0.254 e. The summed E-state index contributed by atoms with van der Waals surface area (Å²) >= 11 is 0. The highest BCUT2D eigenvalue weighted by atomic mass is 19.1. The van der Waals surface area contributed by atoms with Gasteiger partial charge in [-0.3, -0.25) is 4.79 Å². The number of nitrogens with zero attached hydrogens (tertiary/aromatic N) is 5. The first-order valence-electron chi connectivity index (χ1n) is 12.6. The molecule has 8 nitrogen and oxygen atoms in total. The Morgan fingerprint density at radius 3 is 2.76 bits per heavy atom. The number of benzene rings is 3. The predicted octanol–water partition coefficient (Wildman–Crippen LogP) is 4.64. The smallest absolute Gasteiger partial charge is 0.254 e. The lowest BCUT2D eigenvalue weighted by molar-refractivity contribution is 0.415. The van der Waals surface area contributed by atoms with E-state index in [1.165, 1.54) is 6.07 Å². The van der Waals surface area contributed by atoms with E-state index < -0.39 is 6.04 Å². The average Bonchev–Trinajstić information content (AvgIpc) is 3.38. The van der Waals surface area contributed by atoms with E-state index in [0.717, 1.165) is 35.0 Å². The van der Waals surface area contributed by atoms with Gasteiger partial charge in [-0.2, -0.15) is 0 Å². The van der Waals surface area contributed by atoms with Crippen LogP contribution >= 0.6 is 0 Å². The second-order valence-corrected chi connectivity index (χ2v) is 9.66. The van der Waals surface area contributed by atoms with Gasteiger partial charge in [0.1, 0.15) is 17.6 Å². The van der Waals surface area contributed by atoms with E-state index in [2.05, 4.69) is 32.3 Å². The highest BCUT2D eigenvalue weighted by Gasteiger charge is 2.36. The van der Waals surface area contributed by atoms with Crippen molar-refractivity contribution in [2.24, 2.45) is 0 Å². The molecule has 38 heavy (non-hydrogen) atoms. The van der Waals surface area contributed by atoms with Crippen LogP contribution < -0.4 is 15.2 Å². The van der Waals surface area contributed by atoms with E-state index in [4.69, 9.17) is 4.74 Å². The van der Waals surface area contributed by atoms with Gasteiger partial charge in [-0.1, -0.05) is 30.3 Å². The summed E-state index contributed by atoms with van der Waals surface area (Å²) in [5, 5.41) is 13.6. The summed E-state index contributed by atoms with van der Waals surface area (Å²) in [6.07, 6.45) is 1.55. The minimum atomic E-state index is -0.618. The van der Waals surface area contributed by atoms with Crippen molar-refractivity contribution in [3.63, 3.8) is 0 Å². The normalized spacial score (nSPS) is 15.9. The fourth-order valence-electron chi connectivity index (χ4n) is 5.36. The SMILES string of the molecule is COc1ccc2[nH]c(=O)c([C@@H](c3nnnn3Cc3ccccc3)N3c4ccc(F)cc4CC[C@@H]3C)cc2c1. The molecule has 0 spiro atoms. The molecule has 3 heterocycles. The van der Waals surface area contributed by atoms with Gasteiger partial charge in [-0.05, 0) is 83.8 Å². The highest BCUT2D eigenvalue weighted by Crippen LogP contribution is 2.40. The van der Waals surface area contributed by atoms with Crippen LogP contribution in [0, 0.1) is 5.82 Å². The molecule has 0 fully saturated rings. The summed E-state index contributed by atoms with van der Waals surface area (Å²) in [6, 6.07) is 21.6. The molecule has 9 heteroatoms. The number of anilines is 1. The zero-order chi connectivity index (χ0) is 26.2. The van der Waals surface area contributed by atoms with Crippen molar-refractivity contribution in [2.45, 2.75) is 38.4 Å². The van der Waals surface area contributed by atoms with E-state index in [1.54, 1.807) is 23.9 Å². The lowest BCUT2D eigenvalue weighted by atomic mass is 9.92. The highest BCUT2D eigenvalue weighted by molar-refractivity contribution is 5.81. The number of methoxy groups -OCH3 is 1. The molecule has 0 saturated carbocycles. The molecule has 0 aliphatic carbocycles. The number of tetrazole rings is 1. The van der Waals surface area contributed by atoms with Gasteiger partial charge in [0.25, 0.3) is 5.56 Å². The van der Waals surface area contributed by atoms with Crippen molar-refractivity contribution in [1.82, 2.24) is 25.2 Å². The number of pyridine rings is 1. The number of fused-ring (bicyclic) bond motifs is 2. The summed E-state index contributed by atoms with van der Waals surface area (Å²) in [5.74, 6) is 0.943. The van der Waals surface area contributed by atoms with Gasteiger partial charge < -0.3 is 14.6 Å². The van der Waals surface area contributed by atoms with Gasteiger partial charge in [0.2, 0.25) is 0 Å². The molecular formula is C29H27FN6O2. The predicted molar refractivity (Wildman–Crippen MR) is 143 cm³/mol. The molecule has 6 rings (SSSR count). The quantitative estimate of drug-likeness (QED) is 0.358. The maximum atomic E-state index is 14.2. The van der Waals surface area contributed by atoms with Crippen molar-refractivity contribution < 1.29 is 9.13 Å². The van der Waals surface area contributed by atoms with Crippen molar-refractivity contribution in [1.29, 1.82) is 0 Å². The van der Waals surface area contributed by atoms with Gasteiger partial charge in [-0.25, -0.2) is 9.07 Å². The summed E-state index contributed by atoms with van der Waals surface area (Å²) in [4.78, 5) is 18.8. The zero-order valence-corrected chi connectivity index (χ0v) is 21.1. The topological polar surface area (TPSA) is 88.9 Å². The van der Waals surface area contributed by atoms with Crippen LogP contribution in [-0.2, 0) is 13.0 Å². The molecule has 1 aliphatic rings. The Morgan fingerprint density at radius 2 is 1.95 bits per heavy atom. The number of aromatic nitrogens is 5. The van der Waals surface area contributed by atoms with Crippen LogP contribution in [0.3, 0.4) is 0 Å². The second-order valence-electron chi connectivity index (χ2n) is 9.66. The zero-order valence-electron chi connectivity index (χ0n) is 21.1. The number of hydrogen-bond donors (Lipinski definition) is 1. The van der Waals surface area contributed by atoms with Crippen molar-refractivity contribution in [3.05, 3.63) is 111 Å². The first-order chi connectivity index (χ1) is 18.5. The first kappa shape index (κ1) is 23.8. The fraction of sp³-hybridized carbons (Fsp3) is 0.241. The van der Waals surface area contributed by atoms with Crippen LogP contribution in [0.4, 0.5) is 10.1 Å². The Hall–Kier alpha value is -4.53. The maximum absolute atomic E-state index is 14.2. The van der Waals surface area contributed by atoms with Crippen molar-refractivity contribution in [2.75, 3.05) is 12.0 Å². The van der Waals surface area contributed by atoms with Gasteiger partial charge in [-0.15, -0.1) is 5.10 Å². The molecular weight excluding hydrogens is 483 g/mol. The number of nitrogens with one attached hydrogen (secondary N) is 1. The summed E-state index contributed by atoms with van der Waals surface area (Å²) < 4.78 is 21.4. The molecule has 1 aliphatic heterocycles. The molecule has 5 aromatic rings. The number of halogens is 1.